The highest BCUT2D eigenvalue weighted by Gasteiger charge is 2.42. The Hall–Kier alpha value is -7.06. The van der Waals surface area contributed by atoms with Crippen LogP contribution < -0.4 is 25.1 Å². The molecule has 5 aromatic carbocycles. The summed E-state index contributed by atoms with van der Waals surface area (Å²) in [5.74, 6) is 1.43. The predicted molar refractivity (Wildman–Crippen MR) is 227 cm³/mol. The minimum atomic E-state index is -1.13. The first-order valence-electron chi connectivity index (χ1n) is 19.3. The summed E-state index contributed by atoms with van der Waals surface area (Å²) >= 11 is 0. The molecule has 60 heavy (non-hydrogen) atoms. The third-order valence-electron chi connectivity index (χ3n) is 10.6. The number of methoxy groups -OCH3 is 3. The number of aliphatic hydroxyl groups is 1. The van der Waals surface area contributed by atoms with Crippen LogP contribution in [0, 0.1) is 0 Å². The number of anilines is 1. The average molecular weight is 806 g/mol. The van der Waals surface area contributed by atoms with E-state index in [0.717, 1.165) is 22.3 Å². The molecule has 7 aromatic rings. The molecule has 304 valence electrons. The Morgan fingerprint density at radius 3 is 1.95 bits per heavy atom. The second-order valence-electron chi connectivity index (χ2n) is 14.1. The highest BCUT2D eigenvalue weighted by Crippen LogP contribution is 2.43. The van der Waals surface area contributed by atoms with Crippen molar-refractivity contribution in [2.75, 3.05) is 33.3 Å². The third-order valence-corrected chi connectivity index (χ3v) is 10.6. The average Bonchev–Trinajstić information content (AvgIpc) is 3.90. The van der Waals surface area contributed by atoms with Crippen LogP contribution in [0.3, 0.4) is 0 Å². The second-order valence-corrected chi connectivity index (χ2v) is 14.1. The summed E-state index contributed by atoms with van der Waals surface area (Å²) in [5, 5.41) is 14.3. The van der Waals surface area contributed by atoms with Gasteiger partial charge in [0.1, 0.15) is 35.2 Å². The lowest BCUT2D eigenvalue weighted by molar-refractivity contribution is -0.111. The number of hydrogen-bond donors (Lipinski definition) is 3. The highest BCUT2D eigenvalue weighted by atomic mass is 16.6. The Balaban J connectivity index is 1.08. The smallest absolute Gasteiger partial charge is 0.280 e. The maximum Gasteiger partial charge on any atom is 0.280 e. The molecular weight excluding hydrogens is 763 g/mol. The molecule has 13 nitrogen and oxygen atoms in total. The van der Waals surface area contributed by atoms with Gasteiger partial charge in [-0.2, -0.15) is 4.98 Å². The number of fused-ring (bicyclic) bond motifs is 1. The van der Waals surface area contributed by atoms with Gasteiger partial charge < -0.3 is 28.8 Å². The molecule has 13 heteroatoms. The summed E-state index contributed by atoms with van der Waals surface area (Å²) in [6.07, 6.45) is 0.842. The second kappa shape index (κ2) is 17.4. The summed E-state index contributed by atoms with van der Waals surface area (Å²) in [4.78, 5) is 38.9. The first-order valence-corrected chi connectivity index (χ1v) is 19.3. The van der Waals surface area contributed by atoms with Crippen molar-refractivity contribution in [2.45, 2.75) is 30.5 Å². The first kappa shape index (κ1) is 39.8. The van der Waals surface area contributed by atoms with E-state index in [4.69, 9.17) is 23.7 Å². The van der Waals surface area contributed by atoms with Gasteiger partial charge in [0.25, 0.3) is 11.5 Å². The van der Waals surface area contributed by atoms with Crippen molar-refractivity contribution in [3.63, 3.8) is 0 Å². The van der Waals surface area contributed by atoms with Gasteiger partial charge >= 0.3 is 0 Å². The third kappa shape index (κ3) is 8.01. The largest absolute Gasteiger partial charge is 0.497 e. The minimum absolute atomic E-state index is 0.0194. The fourth-order valence-electron chi connectivity index (χ4n) is 7.45. The van der Waals surface area contributed by atoms with Gasteiger partial charge in [0, 0.05) is 12.0 Å². The zero-order valence-electron chi connectivity index (χ0n) is 33.1. The normalized spacial score (nSPS) is 16.7. The Kier molecular flexibility index (Phi) is 11.5. The number of H-pyrrole nitrogens is 1. The molecular formula is C47H43N5O8. The van der Waals surface area contributed by atoms with Crippen molar-refractivity contribution in [3.05, 3.63) is 178 Å². The molecule has 0 spiro atoms. The van der Waals surface area contributed by atoms with Crippen LogP contribution in [0.4, 0.5) is 5.95 Å². The Labute approximate surface area is 345 Å². The maximum atomic E-state index is 13.9. The number of benzene rings is 5. The number of carbonyl (C=O) groups excluding carboxylic acids is 1. The van der Waals surface area contributed by atoms with Crippen molar-refractivity contribution < 1.29 is 33.6 Å². The molecule has 1 aliphatic heterocycles. The van der Waals surface area contributed by atoms with Crippen molar-refractivity contribution in [1.82, 2.24) is 19.5 Å². The van der Waals surface area contributed by atoms with E-state index in [0.29, 0.717) is 28.4 Å². The molecule has 3 heterocycles. The van der Waals surface area contributed by atoms with Crippen LogP contribution in [0.25, 0.3) is 22.8 Å². The molecule has 0 radical (unpaired) electrons. The van der Waals surface area contributed by atoms with Gasteiger partial charge in [0.2, 0.25) is 5.95 Å². The number of aliphatic hydroxyl groups excluding tert-OH is 1. The molecule has 0 unspecified atom stereocenters. The van der Waals surface area contributed by atoms with Gasteiger partial charge in [-0.05, 0) is 70.3 Å². The van der Waals surface area contributed by atoms with Crippen molar-refractivity contribution in [1.29, 1.82) is 0 Å². The molecule has 3 atom stereocenters. The number of nitrogens with zero attached hydrogens (tertiary/aromatic N) is 3. The van der Waals surface area contributed by atoms with E-state index in [-0.39, 0.29) is 30.1 Å². The molecule has 2 aromatic heterocycles. The number of aromatic amines is 1. The van der Waals surface area contributed by atoms with E-state index < -0.39 is 35.5 Å². The monoisotopic (exact) mass is 805 g/mol. The summed E-state index contributed by atoms with van der Waals surface area (Å²) in [7, 11) is 4.80. The molecule has 0 bridgehead atoms. The van der Waals surface area contributed by atoms with E-state index >= 15 is 0 Å². The summed E-state index contributed by atoms with van der Waals surface area (Å²) in [5.41, 5.74) is 2.80. The fourth-order valence-corrected chi connectivity index (χ4v) is 7.45. The van der Waals surface area contributed by atoms with Gasteiger partial charge in [-0.1, -0.05) is 97.1 Å². The quantitative estimate of drug-likeness (QED) is 0.0595. The van der Waals surface area contributed by atoms with Crippen molar-refractivity contribution in [3.8, 4) is 17.2 Å². The van der Waals surface area contributed by atoms with Crippen LogP contribution >= 0.6 is 0 Å². The topological polar surface area (TPSA) is 159 Å². The van der Waals surface area contributed by atoms with Crippen molar-refractivity contribution >= 4 is 34.7 Å². The summed E-state index contributed by atoms with van der Waals surface area (Å²) < 4.78 is 31.4. The van der Waals surface area contributed by atoms with Crippen LogP contribution in [0.15, 0.2) is 145 Å². The standard InChI is InChI=1S/C47H43N5O8/c1-56-35-20-14-31(15-21-35)38(26-30-10-6-4-7-11-30)44(54)50-46-49-43-42(45(55)51-46)48-29-52(43)41-27-39(53)40(60-41)28-59-47(32-12-8-5-9-13-32,33-16-22-36(57-2)23-17-33)34-18-24-37(58-3)25-19-34/h4-26,29,39-41,53H,27-28H2,1-3H3,(H2,49,50,51,54,55)/b38-26+/t39-,40+,41+/m0/s1. The molecule has 1 saturated heterocycles. The number of aromatic nitrogens is 4. The van der Waals surface area contributed by atoms with Crippen LogP contribution in [-0.4, -0.2) is 70.7 Å². The Morgan fingerprint density at radius 1 is 0.817 bits per heavy atom. The summed E-state index contributed by atoms with van der Waals surface area (Å²) in [6, 6.07) is 41.7. The minimum Gasteiger partial charge on any atom is -0.497 e. The van der Waals surface area contributed by atoms with Crippen LogP contribution in [0.2, 0.25) is 0 Å². The van der Waals surface area contributed by atoms with Gasteiger partial charge in [0.05, 0.1) is 40.4 Å². The lowest BCUT2D eigenvalue weighted by Gasteiger charge is -2.37. The van der Waals surface area contributed by atoms with Gasteiger partial charge in [0.15, 0.2) is 11.2 Å². The van der Waals surface area contributed by atoms with Crippen LogP contribution in [0.1, 0.15) is 40.5 Å². The van der Waals surface area contributed by atoms with Gasteiger partial charge in [-0.3, -0.25) is 24.5 Å². The number of imidazole rings is 1. The number of ether oxygens (including phenoxy) is 5. The lowest BCUT2D eigenvalue weighted by Crippen LogP contribution is -2.38. The van der Waals surface area contributed by atoms with Crippen LogP contribution in [-0.2, 0) is 19.9 Å². The zero-order valence-corrected chi connectivity index (χ0v) is 33.1. The maximum absolute atomic E-state index is 13.9. The molecule has 0 saturated carbocycles. The van der Waals surface area contributed by atoms with Crippen LogP contribution in [0.5, 0.6) is 17.2 Å². The van der Waals surface area contributed by atoms with E-state index in [9.17, 15) is 14.7 Å². The zero-order chi connectivity index (χ0) is 41.6. The Morgan fingerprint density at radius 2 is 1.37 bits per heavy atom. The molecule has 0 aliphatic carbocycles. The SMILES string of the molecule is COc1ccc(/C(=C\c2ccccc2)C(=O)Nc2nc3c(ncn3[C@H]3C[C@H](O)[C@@H](COC(c4ccccc4)(c4ccc(OC)cc4)c4ccc(OC)cc4)O3)c(=O)[nH]2)cc1. The van der Waals surface area contributed by atoms with Crippen molar-refractivity contribution in [2.24, 2.45) is 0 Å². The lowest BCUT2D eigenvalue weighted by atomic mass is 9.80. The van der Waals surface area contributed by atoms with E-state index in [2.05, 4.69) is 20.3 Å². The van der Waals surface area contributed by atoms with Gasteiger partial charge in [-0.25, -0.2) is 4.98 Å². The number of carbonyl (C=O) groups is 1. The highest BCUT2D eigenvalue weighted by molar-refractivity contribution is 6.28. The Bertz CT molecular complexity index is 2600. The molecule has 1 aliphatic rings. The number of rotatable bonds is 14. The number of amides is 1. The molecule has 1 amide bonds. The van der Waals surface area contributed by atoms with Gasteiger partial charge in [-0.15, -0.1) is 0 Å². The molecule has 3 N–H and O–H groups in total. The molecule has 1 fully saturated rings. The number of nitrogens with one attached hydrogen (secondary N) is 2. The number of hydrogen-bond acceptors (Lipinski definition) is 10. The van der Waals surface area contributed by atoms with E-state index in [1.807, 2.05) is 109 Å². The predicted octanol–water partition coefficient (Wildman–Crippen LogP) is 6.98. The van der Waals surface area contributed by atoms with E-state index in [1.54, 1.807) is 56.2 Å². The first-order chi connectivity index (χ1) is 29.3. The summed E-state index contributed by atoms with van der Waals surface area (Å²) in [6.45, 7) is -0.0194. The van der Waals surface area contributed by atoms with E-state index in [1.165, 1.54) is 6.33 Å². The molecule has 8 rings (SSSR count). The fraction of sp³-hybridized carbons (Fsp3) is 0.191.